The van der Waals surface area contributed by atoms with E-state index < -0.39 is 0 Å². The largest absolute Gasteiger partial charge is 0.336 e. The minimum absolute atomic E-state index is 0.0986. The van der Waals surface area contributed by atoms with Crippen molar-refractivity contribution in [3.05, 3.63) is 77.3 Å². The second kappa shape index (κ2) is 8.71. The van der Waals surface area contributed by atoms with Crippen molar-refractivity contribution in [2.24, 2.45) is 0 Å². The highest BCUT2D eigenvalue weighted by atomic mass is 32.1. The molecule has 1 aliphatic rings. The lowest BCUT2D eigenvalue weighted by Gasteiger charge is -2.33. The van der Waals surface area contributed by atoms with Crippen molar-refractivity contribution in [1.82, 2.24) is 24.5 Å². The third kappa shape index (κ3) is 4.11. The van der Waals surface area contributed by atoms with Gasteiger partial charge in [-0.05, 0) is 34.6 Å². The fraction of sp³-hybridized carbons (Fsp3) is 0.286. The molecule has 1 amide bonds. The van der Waals surface area contributed by atoms with Gasteiger partial charge in [0.2, 0.25) is 5.95 Å². The lowest BCUT2D eigenvalue weighted by molar-refractivity contribution is 0.0751. The van der Waals surface area contributed by atoms with Crippen molar-refractivity contribution in [2.45, 2.75) is 26.2 Å². The maximum absolute atomic E-state index is 13.1. The molecule has 0 saturated carbocycles. The van der Waals surface area contributed by atoms with Crippen LogP contribution < -0.4 is 4.90 Å². The van der Waals surface area contributed by atoms with Crippen molar-refractivity contribution in [3.63, 3.8) is 0 Å². The number of rotatable bonds is 3. The number of hydrogen-bond acceptors (Lipinski definition) is 6. The van der Waals surface area contributed by atoms with Crippen molar-refractivity contribution in [1.29, 1.82) is 0 Å². The van der Waals surface area contributed by atoms with Gasteiger partial charge in [0.1, 0.15) is 0 Å². The fourth-order valence-electron chi connectivity index (χ4n) is 4.63. The van der Waals surface area contributed by atoms with E-state index in [9.17, 15) is 4.79 Å². The molecule has 3 aromatic heterocycles. The van der Waals surface area contributed by atoms with Gasteiger partial charge in [-0.25, -0.2) is 4.98 Å². The number of amides is 1. The maximum Gasteiger partial charge on any atom is 0.264 e. The van der Waals surface area contributed by atoms with Crippen LogP contribution in [0.5, 0.6) is 0 Å². The van der Waals surface area contributed by atoms with Gasteiger partial charge in [0.15, 0.2) is 0 Å². The van der Waals surface area contributed by atoms with E-state index >= 15 is 0 Å². The quantitative estimate of drug-likeness (QED) is 0.341. The van der Waals surface area contributed by atoms with E-state index in [0.717, 1.165) is 26.2 Å². The van der Waals surface area contributed by atoms with Crippen LogP contribution in [0.15, 0.2) is 66.9 Å². The van der Waals surface area contributed by atoms with E-state index in [0.29, 0.717) is 37.9 Å². The third-order valence-electron chi connectivity index (χ3n) is 6.76. The summed E-state index contributed by atoms with van der Waals surface area (Å²) in [5, 5.41) is 5.93. The molecule has 36 heavy (non-hydrogen) atoms. The third-order valence-corrected chi connectivity index (χ3v) is 7.87. The SMILES string of the molecule is CC(C)(C)c1ccc(-c2ccnc3nc(N4CCN(C(=O)c5cc6ccccc6s5)CC4)nn23)cc1. The highest BCUT2D eigenvalue weighted by Crippen LogP contribution is 2.28. The van der Waals surface area contributed by atoms with Crippen LogP contribution in [0.25, 0.3) is 27.1 Å². The minimum atomic E-state index is 0.0986. The second-order valence-corrected chi connectivity index (χ2v) is 11.3. The average Bonchev–Trinajstić information content (AvgIpc) is 3.52. The van der Waals surface area contributed by atoms with E-state index in [2.05, 4.69) is 67.1 Å². The topological polar surface area (TPSA) is 66.6 Å². The zero-order valence-electron chi connectivity index (χ0n) is 20.7. The molecule has 0 bridgehead atoms. The van der Waals surface area contributed by atoms with Crippen LogP contribution in [0.4, 0.5) is 5.95 Å². The molecule has 0 N–H and O–H groups in total. The standard InChI is InChI=1S/C28H28N6OS/c1-28(2,3)21-10-8-19(9-11-21)22-12-13-29-26-30-27(31-34(22)26)33-16-14-32(15-17-33)25(35)24-18-20-6-4-5-7-23(20)36-24/h4-13,18H,14-17H2,1-3H3. The van der Waals surface area contributed by atoms with E-state index in [1.807, 2.05) is 33.7 Å². The molecule has 6 rings (SSSR count). The Morgan fingerprint density at radius 2 is 1.69 bits per heavy atom. The summed E-state index contributed by atoms with van der Waals surface area (Å²) in [4.78, 5) is 27.1. The molecule has 0 radical (unpaired) electrons. The normalized spacial score (nSPS) is 14.6. The first kappa shape index (κ1) is 22.7. The van der Waals surface area contributed by atoms with E-state index in [4.69, 9.17) is 10.1 Å². The summed E-state index contributed by atoms with van der Waals surface area (Å²) in [6.07, 6.45) is 1.78. The smallest absolute Gasteiger partial charge is 0.264 e. The lowest BCUT2D eigenvalue weighted by atomic mass is 9.86. The Balaban J connectivity index is 1.20. The number of anilines is 1. The van der Waals surface area contributed by atoms with Crippen LogP contribution in [0.2, 0.25) is 0 Å². The molecule has 0 aliphatic carbocycles. The molecule has 0 atom stereocenters. The van der Waals surface area contributed by atoms with Crippen LogP contribution >= 0.6 is 11.3 Å². The molecule has 1 aliphatic heterocycles. The van der Waals surface area contributed by atoms with Gasteiger partial charge in [0.25, 0.3) is 11.7 Å². The predicted octanol–water partition coefficient (Wildman–Crippen LogP) is 5.27. The van der Waals surface area contributed by atoms with Crippen molar-refractivity contribution in [3.8, 4) is 11.3 Å². The summed E-state index contributed by atoms with van der Waals surface area (Å²) >= 11 is 1.56. The second-order valence-electron chi connectivity index (χ2n) is 10.2. The van der Waals surface area contributed by atoms with Gasteiger partial charge < -0.3 is 9.80 Å². The first-order chi connectivity index (χ1) is 17.4. The molecule has 4 heterocycles. The van der Waals surface area contributed by atoms with Gasteiger partial charge in [0.05, 0.1) is 10.6 Å². The molecular formula is C28H28N6OS. The molecule has 0 spiro atoms. The van der Waals surface area contributed by atoms with Crippen LogP contribution in [0.1, 0.15) is 36.0 Å². The van der Waals surface area contributed by atoms with Gasteiger partial charge in [-0.1, -0.05) is 63.2 Å². The average molecular weight is 497 g/mol. The van der Waals surface area contributed by atoms with Gasteiger partial charge in [-0.2, -0.15) is 9.50 Å². The van der Waals surface area contributed by atoms with Gasteiger partial charge in [-0.3, -0.25) is 4.79 Å². The molecular weight excluding hydrogens is 468 g/mol. The number of piperazine rings is 1. The number of carbonyl (C=O) groups excluding carboxylic acids is 1. The maximum atomic E-state index is 13.1. The lowest BCUT2D eigenvalue weighted by Crippen LogP contribution is -2.49. The molecule has 8 heteroatoms. The number of fused-ring (bicyclic) bond motifs is 2. The Hall–Kier alpha value is -3.78. The van der Waals surface area contributed by atoms with Crippen LogP contribution in [-0.4, -0.2) is 56.6 Å². The Kier molecular flexibility index (Phi) is 5.48. The Labute approximate surface area is 214 Å². The summed E-state index contributed by atoms with van der Waals surface area (Å²) in [6, 6.07) is 20.7. The van der Waals surface area contributed by atoms with Crippen LogP contribution in [0, 0.1) is 0 Å². The number of hydrogen-bond donors (Lipinski definition) is 0. The highest BCUT2D eigenvalue weighted by Gasteiger charge is 2.26. The monoisotopic (exact) mass is 496 g/mol. The number of aromatic nitrogens is 4. The Morgan fingerprint density at radius 1 is 0.944 bits per heavy atom. The van der Waals surface area contributed by atoms with E-state index in [-0.39, 0.29) is 11.3 Å². The predicted molar refractivity (Wildman–Crippen MR) is 145 cm³/mol. The molecule has 2 aromatic carbocycles. The number of benzene rings is 2. The minimum Gasteiger partial charge on any atom is -0.336 e. The van der Waals surface area contributed by atoms with Crippen LogP contribution in [-0.2, 0) is 5.41 Å². The number of thiophene rings is 1. The number of nitrogens with zero attached hydrogens (tertiary/aromatic N) is 6. The van der Waals surface area contributed by atoms with Gasteiger partial charge in [0, 0.05) is 42.6 Å². The van der Waals surface area contributed by atoms with Crippen LogP contribution in [0.3, 0.4) is 0 Å². The molecule has 1 saturated heterocycles. The summed E-state index contributed by atoms with van der Waals surface area (Å²) < 4.78 is 2.96. The Morgan fingerprint density at radius 3 is 2.42 bits per heavy atom. The molecule has 182 valence electrons. The Bertz CT molecular complexity index is 1520. The van der Waals surface area contributed by atoms with Crippen molar-refractivity contribution in [2.75, 3.05) is 31.1 Å². The molecule has 7 nitrogen and oxygen atoms in total. The summed E-state index contributed by atoms with van der Waals surface area (Å²) in [5.41, 5.74) is 3.43. The summed E-state index contributed by atoms with van der Waals surface area (Å²) in [7, 11) is 0. The van der Waals surface area contributed by atoms with Gasteiger partial charge >= 0.3 is 0 Å². The van der Waals surface area contributed by atoms with Crippen molar-refractivity contribution < 1.29 is 4.79 Å². The fourth-order valence-corrected chi connectivity index (χ4v) is 5.66. The zero-order chi connectivity index (χ0) is 24.9. The first-order valence-electron chi connectivity index (χ1n) is 12.2. The van der Waals surface area contributed by atoms with E-state index in [1.54, 1.807) is 17.5 Å². The first-order valence-corrected chi connectivity index (χ1v) is 13.0. The number of carbonyl (C=O) groups is 1. The zero-order valence-corrected chi connectivity index (χ0v) is 21.5. The van der Waals surface area contributed by atoms with Gasteiger partial charge in [-0.15, -0.1) is 16.4 Å². The van der Waals surface area contributed by atoms with Crippen molar-refractivity contribution >= 4 is 39.1 Å². The summed E-state index contributed by atoms with van der Waals surface area (Å²) in [5.74, 6) is 1.32. The molecule has 0 unspecified atom stereocenters. The molecule has 1 fully saturated rings. The van der Waals surface area contributed by atoms with E-state index in [1.165, 1.54) is 5.56 Å². The highest BCUT2D eigenvalue weighted by molar-refractivity contribution is 7.20. The summed E-state index contributed by atoms with van der Waals surface area (Å²) in [6.45, 7) is 9.28. The molecule has 5 aromatic rings.